The molecule has 1 saturated carbocycles. The van der Waals surface area contributed by atoms with Crippen molar-refractivity contribution in [1.82, 2.24) is 9.13 Å². The lowest BCUT2D eigenvalue weighted by Gasteiger charge is -2.11. The number of hydrogen-bond acceptors (Lipinski definition) is 4. The van der Waals surface area contributed by atoms with Gasteiger partial charge in [0.15, 0.2) is 0 Å². The first-order chi connectivity index (χ1) is 11.1. The van der Waals surface area contributed by atoms with Crippen LogP contribution in [0.5, 0.6) is 5.75 Å². The summed E-state index contributed by atoms with van der Waals surface area (Å²) in [4.78, 5) is 24.6. The van der Waals surface area contributed by atoms with Crippen LogP contribution in [-0.2, 0) is 6.54 Å². The Balaban J connectivity index is 1.84. The van der Waals surface area contributed by atoms with Crippen LogP contribution in [0.2, 0.25) is 5.02 Å². The van der Waals surface area contributed by atoms with E-state index in [2.05, 4.69) is 0 Å². The number of nitriles is 1. The molecule has 1 aromatic heterocycles. The van der Waals surface area contributed by atoms with E-state index in [-0.39, 0.29) is 24.8 Å². The van der Waals surface area contributed by atoms with E-state index in [1.54, 1.807) is 24.3 Å². The van der Waals surface area contributed by atoms with Crippen LogP contribution >= 0.6 is 11.6 Å². The van der Waals surface area contributed by atoms with Crippen molar-refractivity contribution in [2.24, 2.45) is 0 Å². The molecule has 0 aliphatic heterocycles. The second-order valence-corrected chi connectivity index (χ2v) is 5.72. The van der Waals surface area contributed by atoms with Crippen LogP contribution in [0.1, 0.15) is 24.4 Å². The molecule has 23 heavy (non-hydrogen) atoms. The van der Waals surface area contributed by atoms with Crippen LogP contribution in [0, 0.1) is 11.3 Å². The van der Waals surface area contributed by atoms with Crippen LogP contribution in [-0.4, -0.2) is 15.7 Å². The zero-order valence-corrected chi connectivity index (χ0v) is 13.0. The van der Waals surface area contributed by atoms with E-state index < -0.39 is 11.2 Å². The zero-order chi connectivity index (χ0) is 16.4. The van der Waals surface area contributed by atoms with E-state index in [1.807, 2.05) is 6.07 Å². The Morgan fingerprint density at radius 3 is 2.70 bits per heavy atom. The van der Waals surface area contributed by atoms with Gasteiger partial charge in [0, 0.05) is 12.2 Å². The highest BCUT2D eigenvalue weighted by Gasteiger charge is 2.26. The van der Waals surface area contributed by atoms with Crippen LogP contribution < -0.4 is 16.0 Å². The van der Waals surface area contributed by atoms with Crippen molar-refractivity contribution in [1.29, 1.82) is 5.26 Å². The Morgan fingerprint density at radius 1 is 1.30 bits per heavy atom. The molecule has 2 aromatic rings. The lowest BCUT2D eigenvalue weighted by molar-refractivity contribution is 0.291. The Kier molecular flexibility index (Phi) is 4.22. The summed E-state index contributed by atoms with van der Waals surface area (Å²) in [6.45, 7) is 0.170. The summed E-state index contributed by atoms with van der Waals surface area (Å²) < 4.78 is 8.03. The summed E-state index contributed by atoms with van der Waals surface area (Å²) >= 11 is 5.99. The maximum atomic E-state index is 12.4. The predicted molar refractivity (Wildman–Crippen MR) is 84.9 cm³/mol. The van der Waals surface area contributed by atoms with Crippen LogP contribution in [0.3, 0.4) is 0 Å². The lowest BCUT2D eigenvalue weighted by atomic mass is 10.3. The third kappa shape index (κ3) is 3.15. The first kappa shape index (κ1) is 15.4. The van der Waals surface area contributed by atoms with E-state index in [4.69, 9.17) is 21.6 Å². The summed E-state index contributed by atoms with van der Waals surface area (Å²) in [5.41, 5.74) is -1.02. The van der Waals surface area contributed by atoms with Gasteiger partial charge in [-0.3, -0.25) is 13.9 Å². The molecular formula is C16H14ClN3O3. The fraction of sp³-hybridized carbons (Fsp3) is 0.312. The van der Waals surface area contributed by atoms with Gasteiger partial charge in [-0.05, 0) is 25.0 Å². The van der Waals surface area contributed by atoms with Crippen LogP contribution in [0.25, 0.3) is 0 Å². The zero-order valence-electron chi connectivity index (χ0n) is 12.2. The summed E-state index contributed by atoms with van der Waals surface area (Å²) in [6, 6.07) is 8.90. The molecule has 6 nitrogen and oxygen atoms in total. The molecule has 7 heteroatoms. The highest BCUT2D eigenvalue weighted by molar-refractivity contribution is 6.32. The Labute approximate surface area is 137 Å². The van der Waals surface area contributed by atoms with Crippen molar-refractivity contribution < 1.29 is 4.74 Å². The number of rotatable bonds is 5. The molecule has 1 aromatic carbocycles. The van der Waals surface area contributed by atoms with Gasteiger partial charge < -0.3 is 4.74 Å². The Hall–Kier alpha value is -2.52. The number of benzene rings is 1. The lowest BCUT2D eigenvalue weighted by Crippen LogP contribution is -2.41. The molecule has 1 heterocycles. The van der Waals surface area contributed by atoms with Gasteiger partial charge >= 0.3 is 5.69 Å². The summed E-state index contributed by atoms with van der Waals surface area (Å²) in [5.74, 6) is 0.487. The topological polar surface area (TPSA) is 77.0 Å². The second-order valence-electron chi connectivity index (χ2n) is 5.31. The maximum Gasteiger partial charge on any atom is 0.331 e. The van der Waals surface area contributed by atoms with Crippen molar-refractivity contribution >= 4 is 11.6 Å². The van der Waals surface area contributed by atoms with Crippen molar-refractivity contribution in [3.05, 3.63) is 61.9 Å². The first-order valence-corrected chi connectivity index (χ1v) is 7.63. The molecule has 1 aliphatic rings. The highest BCUT2D eigenvalue weighted by atomic mass is 35.5. The van der Waals surface area contributed by atoms with E-state index in [0.717, 1.165) is 17.4 Å². The number of ether oxygens (including phenoxy) is 1. The first-order valence-electron chi connectivity index (χ1n) is 7.25. The molecular weight excluding hydrogens is 318 g/mol. The normalized spacial score (nSPS) is 13.6. The monoisotopic (exact) mass is 331 g/mol. The second kappa shape index (κ2) is 6.31. The van der Waals surface area contributed by atoms with E-state index in [1.165, 1.54) is 10.8 Å². The molecule has 0 spiro atoms. The van der Waals surface area contributed by atoms with Crippen molar-refractivity contribution in [2.45, 2.75) is 25.4 Å². The predicted octanol–water partition coefficient (Wildman–Crippen LogP) is 1.95. The van der Waals surface area contributed by atoms with E-state index in [0.29, 0.717) is 10.8 Å². The number of aromatic nitrogens is 2. The summed E-state index contributed by atoms with van der Waals surface area (Å²) in [6.07, 6.45) is 3.13. The Morgan fingerprint density at radius 2 is 2.04 bits per heavy atom. The smallest absolute Gasteiger partial charge is 0.331 e. The third-order valence-electron chi connectivity index (χ3n) is 3.67. The third-order valence-corrected chi connectivity index (χ3v) is 3.98. The fourth-order valence-electron chi connectivity index (χ4n) is 2.32. The SMILES string of the molecule is N#Cc1cn(C2CC2)c(=O)n(CCOc2ccccc2Cl)c1=O. The maximum absolute atomic E-state index is 12.4. The minimum atomic E-state index is -0.586. The minimum Gasteiger partial charge on any atom is -0.490 e. The van der Waals surface area contributed by atoms with Gasteiger partial charge in [-0.1, -0.05) is 23.7 Å². The van der Waals surface area contributed by atoms with Crippen LogP contribution in [0.15, 0.2) is 40.1 Å². The van der Waals surface area contributed by atoms with Crippen molar-refractivity contribution in [3.63, 3.8) is 0 Å². The number of nitrogens with zero attached hydrogens (tertiary/aromatic N) is 3. The average molecular weight is 332 g/mol. The molecule has 0 bridgehead atoms. The largest absolute Gasteiger partial charge is 0.490 e. The summed E-state index contributed by atoms with van der Waals surface area (Å²) in [5, 5.41) is 9.53. The molecule has 3 rings (SSSR count). The van der Waals surface area contributed by atoms with Gasteiger partial charge in [0.2, 0.25) is 0 Å². The van der Waals surface area contributed by atoms with Gasteiger partial charge in [0.1, 0.15) is 24.0 Å². The minimum absolute atomic E-state index is 0.0331. The van der Waals surface area contributed by atoms with Gasteiger partial charge in [-0.2, -0.15) is 5.26 Å². The molecule has 118 valence electrons. The fourth-order valence-corrected chi connectivity index (χ4v) is 2.51. The molecule has 0 atom stereocenters. The quantitative estimate of drug-likeness (QED) is 0.839. The molecule has 1 fully saturated rings. The van der Waals surface area contributed by atoms with Crippen molar-refractivity contribution in [2.75, 3.05) is 6.61 Å². The van der Waals surface area contributed by atoms with Gasteiger partial charge in [-0.25, -0.2) is 4.79 Å². The number of hydrogen-bond donors (Lipinski definition) is 0. The molecule has 0 saturated heterocycles. The number of para-hydroxylation sites is 1. The summed E-state index contributed by atoms with van der Waals surface area (Å²) in [7, 11) is 0. The average Bonchev–Trinajstić information content (AvgIpc) is 3.37. The number of halogens is 1. The van der Waals surface area contributed by atoms with Gasteiger partial charge in [0.05, 0.1) is 11.6 Å². The highest BCUT2D eigenvalue weighted by Crippen LogP contribution is 2.33. The molecule has 1 aliphatic carbocycles. The molecule has 0 unspecified atom stereocenters. The van der Waals surface area contributed by atoms with Crippen LogP contribution in [0.4, 0.5) is 0 Å². The standard InChI is InChI=1S/C16H14ClN3O3/c17-13-3-1-2-4-14(13)23-8-7-19-15(21)11(9-18)10-20(16(19)22)12-5-6-12/h1-4,10,12H,5-8H2. The molecule has 0 amide bonds. The Bertz CT molecular complexity index is 891. The van der Waals surface area contributed by atoms with Gasteiger partial charge in [0.25, 0.3) is 5.56 Å². The van der Waals surface area contributed by atoms with Crippen molar-refractivity contribution in [3.8, 4) is 11.8 Å². The van der Waals surface area contributed by atoms with E-state index in [9.17, 15) is 9.59 Å². The van der Waals surface area contributed by atoms with Gasteiger partial charge in [-0.15, -0.1) is 0 Å². The molecule has 0 radical (unpaired) electrons. The van der Waals surface area contributed by atoms with E-state index >= 15 is 0 Å². The molecule has 0 N–H and O–H groups in total.